The third kappa shape index (κ3) is 4.80. The number of carbonyl (C=O) groups is 1. The molecule has 1 amide bonds. The Morgan fingerprint density at radius 1 is 1.09 bits per heavy atom. The zero-order chi connectivity index (χ0) is 22.9. The highest BCUT2D eigenvalue weighted by molar-refractivity contribution is 6.42. The van der Waals surface area contributed by atoms with Crippen LogP contribution in [0.15, 0.2) is 36.4 Å². The van der Waals surface area contributed by atoms with Gasteiger partial charge in [-0.1, -0.05) is 40.9 Å². The summed E-state index contributed by atoms with van der Waals surface area (Å²) in [6, 6.07) is 11.9. The van der Waals surface area contributed by atoms with Crippen LogP contribution in [0.1, 0.15) is 43.2 Å². The van der Waals surface area contributed by atoms with Crippen molar-refractivity contribution in [3.8, 4) is 0 Å². The van der Waals surface area contributed by atoms with Crippen molar-refractivity contribution in [3.63, 3.8) is 0 Å². The summed E-state index contributed by atoms with van der Waals surface area (Å²) in [5.74, 6) is 0.481. The van der Waals surface area contributed by atoms with Crippen LogP contribution in [0, 0.1) is 0 Å². The number of fused-ring (bicyclic) bond motifs is 2. The van der Waals surface area contributed by atoms with Gasteiger partial charge in [0.25, 0.3) is 0 Å². The highest BCUT2D eigenvalue weighted by Crippen LogP contribution is 2.48. The minimum Gasteiger partial charge on any atom is -0.319 e. The molecule has 0 radical (unpaired) electrons. The standard InChI is InChI=1S/C25H30Cl3N3O/c1-17(32)31-16-25(21-14-20(26)4-6-24(21)31)8-11-30(12-9-25)10-7-19(15-29-2)18-3-5-22(27)23(28)13-18/h3-6,13-14,19,29H,7-12,15-16H2,1-2H3. The number of amides is 1. The normalized spacial score (nSPS) is 18.7. The van der Waals surface area contributed by atoms with Gasteiger partial charge in [0, 0.05) is 36.1 Å². The number of rotatable bonds is 6. The van der Waals surface area contributed by atoms with Gasteiger partial charge in [-0.15, -0.1) is 0 Å². The molecule has 0 bridgehead atoms. The summed E-state index contributed by atoms with van der Waals surface area (Å²) in [6.07, 6.45) is 3.12. The number of nitrogens with zero attached hydrogens (tertiary/aromatic N) is 2. The van der Waals surface area contributed by atoms with E-state index in [0.29, 0.717) is 16.0 Å². The molecule has 7 heteroatoms. The Morgan fingerprint density at radius 2 is 1.84 bits per heavy atom. The van der Waals surface area contributed by atoms with E-state index in [9.17, 15) is 4.79 Å². The molecule has 4 rings (SSSR count). The Morgan fingerprint density at radius 3 is 2.50 bits per heavy atom. The molecule has 4 nitrogen and oxygen atoms in total. The van der Waals surface area contributed by atoms with E-state index in [1.807, 2.05) is 36.2 Å². The summed E-state index contributed by atoms with van der Waals surface area (Å²) in [6.45, 7) is 6.38. The van der Waals surface area contributed by atoms with E-state index in [1.54, 1.807) is 6.92 Å². The number of hydrogen-bond donors (Lipinski definition) is 1. The van der Waals surface area contributed by atoms with Gasteiger partial charge in [-0.2, -0.15) is 0 Å². The van der Waals surface area contributed by atoms with Gasteiger partial charge in [0.15, 0.2) is 0 Å². The molecule has 1 fully saturated rings. The maximum Gasteiger partial charge on any atom is 0.223 e. The van der Waals surface area contributed by atoms with Gasteiger partial charge in [0.2, 0.25) is 5.91 Å². The van der Waals surface area contributed by atoms with Crippen molar-refractivity contribution in [2.45, 2.75) is 37.5 Å². The van der Waals surface area contributed by atoms with Gasteiger partial charge < -0.3 is 15.1 Å². The second-order valence-electron chi connectivity index (χ2n) is 9.11. The molecular weight excluding hydrogens is 465 g/mol. The Hall–Kier alpha value is -1.30. The molecule has 1 saturated heterocycles. The number of likely N-dealkylation sites (tertiary alicyclic amines) is 1. The van der Waals surface area contributed by atoms with Gasteiger partial charge in [0.05, 0.1) is 10.0 Å². The maximum absolute atomic E-state index is 12.3. The summed E-state index contributed by atoms with van der Waals surface area (Å²) in [5.41, 5.74) is 3.50. The number of halogens is 3. The first-order valence-corrected chi connectivity index (χ1v) is 12.4. The first-order valence-electron chi connectivity index (χ1n) is 11.2. The van der Waals surface area contributed by atoms with Crippen molar-refractivity contribution in [3.05, 3.63) is 62.6 Å². The Kier molecular flexibility index (Phi) is 7.38. The smallest absolute Gasteiger partial charge is 0.223 e. The fourth-order valence-electron chi connectivity index (χ4n) is 5.29. The fourth-order valence-corrected chi connectivity index (χ4v) is 5.77. The van der Waals surface area contributed by atoms with Crippen LogP contribution in [0.3, 0.4) is 0 Å². The van der Waals surface area contributed by atoms with E-state index in [-0.39, 0.29) is 11.3 Å². The highest BCUT2D eigenvalue weighted by atomic mass is 35.5. The molecular formula is C25H30Cl3N3O. The van der Waals surface area contributed by atoms with Gasteiger partial charge in [-0.3, -0.25) is 4.79 Å². The van der Waals surface area contributed by atoms with Crippen molar-refractivity contribution >= 4 is 46.4 Å². The van der Waals surface area contributed by atoms with Crippen LogP contribution < -0.4 is 10.2 Å². The van der Waals surface area contributed by atoms with Gasteiger partial charge in [-0.05, 0) is 93.3 Å². The summed E-state index contributed by atoms with van der Waals surface area (Å²) in [4.78, 5) is 16.7. The SMILES string of the molecule is CNCC(CCN1CCC2(CC1)CN(C(C)=O)c1ccc(Cl)cc12)c1ccc(Cl)c(Cl)c1. The van der Waals surface area contributed by atoms with Crippen LogP contribution in [0.25, 0.3) is 0 Å². The second kappa shape index (κ2) is 9.90. The first-order chi connectivity index (χ1) is 15.3. The molecule has 1 spiro atoms. The molecule has 1 unspecified atom stereocenters. The zero-order valence-corrected chi connectivity index (χ0v) is 20.9. The second-order valence-corrected chi connectivity index (χ2v) is 10.4. The minimum atomic E-state index is 0.0104. The predicted octanol–water partition coefficient (Wildman–Crippen LogP) is 5.74. The van der Waals surface area contributed by atoms with Crippen molar-refractivity contribution in [1.29, 1.82) is 0 Å². The number of hydrogen-bond acceptors (Lipinski definition) is 3. The molecule has 32 heavy (non-hydrogen) atoms. The van der Waals surface area contributed by atoms with Gasteiger partial charge >= 0.3 is 0 Å². The Bertz CT molecular complexity index is 988. The number of nitrogens with one attached hydrogen (secondary N) is 1. The summed E-state index contributed by atoms with van der Waals surface area (Å²) in [5, 5.41) is 5.26. The molecule has 0 aliphatic carbocycles. The van der Waals surface area contributed by atoms with Crippen LogP contribution in [0.5, 0.6) is 0 Å². The van der Waals surface area contributed by atoms with E-state index >= 15 is 0 Å². The van der Waals surface area contributed by atoms with Crippen LogP contribution in [-0.2, 0) is 10.2 Å². The monoisotopic (exact) mass is 493 g/mol. The van der Waals surface area contributed by atoms with Crippen molar-refractivity contribution in [2.24, 2.45) is 0 Å². The van der Waals surface area contributed by atoms with Crippen LogP contribution >= 0.6 is 34.8 Å². The summed E-state index contributed by atoms with van der Waals surface area (Å²) >= 11 is 18.7. The zero-order valence-electron chi connectivity index (χ0n) is 18.6. The number of benzene rings is 2. The van der Waals surface area contributed by atoms with E-state index in [2.05, 4.69) is 22.3 Å². The largest absolute Gasteiger partial charge is 0.319 e. The number of anilines is 1. The Balaban J connectivity index is 1.42. The molecule has 2 aliphatic rings. The third-order valence-electron chi connectivity index (χ3n) is 7.13. The van der Waals surface area contributed by atoms with Gasteiger partial charge in [-0.25, -0.2) is 0 Å². The first kappa shape index (κ1) is 23.8. The van der Waals surface area contributed by atoms with Crippen LogP contribution in [0.4, 0.5) is 5.69 Å². The lowest BCUT2D eigenvalue weighted by Crippen LogP contribution is -2.46. The lowest BCUT2D eigenvalue weighted by molar-refractivity contribution is -0.116. The highest BCUT2D eigenvalue weighted by Gasteiger charge is 2.45. The molecule has 2 aromatic carbocycles. The number of likely N-dealkylation sites (N-methyl/N-ethyl adjacent to an activating group) is 1. The quantitative estimate of drug-likeness (QED) is 0.556. The van der Waals surface area contributed by atoms with E-state index < -0.39 is 0 Å². The fraction of sp³-hybridized carbons (Fsp3) is 0.480. The molecule has 0 aromatic heterocycles. The average molecular weight is 495 g/mol. The van der Waals surface area contributed by atoms with Crippen molar-refractivity contribution < 1.29 is 4.79 Å². The van der Waals surface area contributed by atoms with Crippen molar-refractivity contribution in [2.75, 3.05) is 44.7 Å². The number of piperidine rings is 1. The molecule has 2 aromatic rings. The Labute approximate surface area is 205 Å². The van der Waals surface area contributed by atoms with Gasteiger partial charge in [0.1, 0.15) is 0 Å². The van der Waals surface area contributed by atoms with E-state index in [1.165, 1.54) is 11.1 Å². The van der Waals surface area contributed by atoms with E-state index in [4.69, 9.17) is 34.8 Å². The van der Waals surface area contributed by atoms with Crippen LogP contribution in [0.2, 0.25) is 15.1 Å². The lowest BCUT2D eigenvalue weighted by atomic mass is 9.74. The molecule has 2 aliphatic heterocycles. The molecule has 2 heterocycles. The maximum atomic E-state index is 12.3. The predicted molar refractivity (Wildman–Crippen MR) is 135 cm³/mol. The lowest BCUT2D eigenvalue weighted by Gasteiger charge is -2.40. The number of carbonyl (C=O) groups excluding carboxylic acids is 1. The summed E-state index contributed by atoms with van der Waals surface area (Å²) in [7, 11) is 1.98. The van der Waals surface area contributed by atoms with E-state index in [0.717, 1.165) is 62.7 Å². The third-order valence-corrected chi connectivity index (χ3v) is 8.11. The average Bonchev–Trinajstić information content (AvgIpc) is 3.08. The van der Waals surface area contributed by atoms with Crippen molar-refractivity contribution in [1.82, 2.24) is 10.2 Å². The topological polar surface area (TPSA) is 35.6 Å². The molecule has 172 valence electrons. The minimum absolute atomic E-state index is 0.0104. The molecule has 1 N–H and O–H groups in total. The molecule has 0 saturated carbocycles. The summed E-state index contributed by atoms with van der Waals surface area (Å²) < 4.78 is 0. The molecule has 1 atom stereocenters. The van der Waals surface area contributed by atoms with Crippen LogP contribution in [-0.4, -0.2) is 50.6 Å².